The van der Waals surface area contributed by atoms with E-state index in [-0.39, 0.29) is 30.5 Å². The molecule has 0 saturated carbocycles. The zero-order valence-electron chi connectivity index (χ0n) is 20.7. The molecule has 0 spiro atoms. The van der Waals surface area contributed by atoms with Crippen LogP contribution in [0.4, 0.5) is 0 Å². The number of nitrogens with zero attached hydrogens (tertiary/aromatic N) is 4. The van der Waals surface area contributed by atoms with Gasteiger partial charge in [-0.25, -0.2) is 14.0 Å². The predicted octanol–water partition coefficient (Wildman–Crippen LogP) is 0.521. The van der Waals surface area contributed by atoms with E-state index in [0.29, 0.717) is 6.54 Å². The maximum absolute atomic E-state index is 12.7. The first-order valence-electron chi connectivity index (χ1n) is 12.0. The van der Waals surface area contributed by atoms with Crippen LogP contribution in [0.25, 0.3) is 11.3 Å². The lowest BCUT2D eigenvalue weighted by atomic mass is 9.88. The van der Waals surface area contributed by atoms with Gasteiger partial charge in [-0.2, -0.15) is 0 Å². The Hall–Kier alpha value is -2.97. The van der Waals surface area contributed by atoms with Gasteiger partial charge in [0.25, 0.3) is 5.56 Å². The van der Waals surface area contributed by atoms with Gasteiger partial charge < -0.3 is 24.7 Å². The van der Waals surface area contributed by atoms with Crippen molar-refractivity contribution in [1.82, 2.24) is 24.5 Å². The number of ether oxygens (including phenoxy) is 1. The molecule has 1 saturated heterocycles. The molecule has 0 radical (unpaired) electrons. The van der Waals surface area contributed by atoms with E-state index in [1.165, 1.54) is 17.1 Å². The molecule has 4 atom stereocenters. The van der Waals surface area contributed by atoms with E-state index in [4.69, 9.17) is 9.26 Å². The van der Waals surface area contributed by atoms with Crippen LogP contribution in [-0.4, -0.2) is 68.5 Å². The van der Waals surface area contributed by atoms with Crippen LogP contribution in [0.1, 0.15) is 44.9 Å². The van der Waals surface area contributed by atoms with E-state index in [1.54, 1.807) is 13.8 Å². The standard InChI is InChI=1S/C23H30N5O9P/c1-3-23(4-2,37-38(33,34)35)10-17-18(29)19(30)21(36-17)28-12-15(20(31)24-22(28)32)16-13-27(26-25-16)11-14-8-6-5-7-9-14/h5-9,12-13,17-19,21,29-30H,3-4,10-11H2,1-2H3,(H,24,31,32)(H2,33,34,35)/t17-,18?,19?,21-/m1/s1. The number of hydrogen-bond acceptors (Lipinski definition) is 9. The summed E-state index contributed by atoms with van der Waals surface area (Å²) in [7, 11) is -4.87. The number of aromatic nitrogens is 5. The molecular formula is C23H30N5O9P. The zero-order valence-corrected chi connectivity index (χ0v) is 21.6. The van der Waals surface area contributed by atoms with Crippen LogP contribution >= 0.6 is 7.82 Å². The maximum atomic E-state index is 12.7. The molecule has 38 heavy (non-hydrogen) atoms. The fraction of sp³-hybridized carbons (Fsp3) is 0.478. The maximum Gasteiger partial charge on any atom is 0.470 e. The largest absolute Gasteiger partial charge is 0.470 e. The number of H-pyrrole nitrogens is 1. The Morgan fingerprint density at radius 3 is 2.42 bits per heavy atom. The number of aliphatic hydroxyl groups excluding tert-OH is 2. The Morgan fingerprint density at radius 2 is 1.79 bits per heavy atom. The summed E-state index contributed by atoms with van der Waals surface area (Å²) in [4.78, 5) is 46.2. The molecular weight excluding hydrogens is 521 g/mol. The van der Waals surface area contributed by atoms with Gasteiger partial charge in [0.05, 0.1) is 30.0 Å². The Morgan fingerprint density at radius 1 is 1.11 bits per heavy atom. The minimum Gasteiger partial charge on any atom is -0.388 e. The fourth-order valence-electron chi connectivity index (χ4n) is 4.58. The van der Waals surface area contributed by atoms with E-state index in [0.717, 1.165) is 10.1 Å². The van der Waals surface area contributed by atoms with Crippen LogP contribution in [0, 0.1) is 0 Å². The number of hydrogen-bond donors (Lipinski definition) is 5. The van der Waals surface area contributed by atoms with Crippen LogP contribution in [0.3, 0.4) is 0 Å². The average Bonchev–Trinajstić information content (AvgIpc) is 3.43. The van der Waals surface area contributed by atoms with E-state index in [2.05, 4.69) is 15.3 Å². The topological polar surface area (TPSA) is 202 Å². The number of rotatable bonds is 10. The monoisotopic (exact) mass is 551 g/mol. The van der Waals surface area contributed by atoms with Gasteiger partial charge in [-0.05, 0) is 18.4 Å². The smallest absolute Gasteiger partial charge is 0.388 e. The molecule has 15 heteroatoms. The third kappa shape index (κ3) is 6.02. The van der Waals surface area contributed by atoms with E-state index in [1.807, 2.05) is 30.3 Å². The molecule has 1 fully saturated rings. The van der Waals surface area contributed by atoms with E-state index < -0.39 is 49.2 Å². The van der Waals surface area contributed by atoms with Crippen molar-refractivity contribution in [3.05, 3.63) is 69.1 Å². The van der Waals surface area contributed by atoms with E-state index in [9.17, 15) is 34.2 Å². The lowest BCUT2D eigenvalue weighted by molar-refractivity contribution is -0.0769. The van der Waals surface area contributed by atoms with Crippen molar-refractivity contribution in [3.8, 4) is 11.3 Å². The minimum atomic E-state index is -4.87. The van der Waals surface area contributed by atoms with Crippen LogP contribution in [0.5, 0.6) is 0 Å². The summed E-state index contributed by atoms with van der Waals surface area (Å²) in [6, 6.07) is 9.46. The highest BCUT2D eigenvalue weighted by Gasteiger charge is 2.48. The van der Waals surface area contributed by atoms with Crippen molar-refractivity contribution < 1.29 is 33.8 Å². The number of phosphoric ester groups is 1. The Bertz CT molecular complexity index is 1410. The highest BCUT2D eigenvalue weighted by molar-refractivity contribution is 7.46. The minimum absolute atomic E-state index is 0.0149. The van der Waals surface area contributed by atoms with Gasteiger partial charge in [0.15, 0.2) is 6.23 Å². The summed E-state index contributed by atoms with van der Waals surface area (Å²) in [5, 5.41) is 29.5. The summed E-state index contributed by atoms with van der Waals surface area (Å²) in [5.41, 5.74) is -1.85. The second-order valence-electron chi connectivity index (χ2n) is 9.22. The zero-order chi connectivity index (χ0) is 27.7. The van der Waals surface area contributed by atoms with Crippen LogP contribution in [0.2, 0.25) is 0 Å². The number of phosphoric acid groups is 1. The van der Waals surface area contributed by atoms with Crippen molar-refractivity contribution in [2.24, 2.45) is 0 Å². The van der Waals surface area contributed by atoms with Crippen molar-refractivity contribution in [2.45, 2.75) is 69.8 Å². The van der Waals surface area contributed by atoms with E-state index >= 15 is 0 Å². The number of aliphatic hydroxyl groups is 2. The van der Waals surface area contributed by atoms with Crippen LogP contribution in [-0.2, 0) is 20.4 Å². The summed E-state index contributed by atoms with van der Waals surface area (Å²) in [6.45, 7) is 3.73. The molecule has 1 aliphatic heterocycles. The molecule has 3 aromatic rings. The molecule has 4 rings (SSSR count). The molecule has 2 aromatic heterocycles. The fourth-order valence-corrected chi connectivity index (χ4v) is 5.42. The molecule has 14 nitrogen and oxygen atoms in total. The Kier molecular flexibility index (Phi) is 8.14. The third-order valence-electron chi connectivity index (χ3n) is 6.76. The van der Waals surface area contributed by atoms with Gasteiger partial charge in [-0.3, -0.25) is 18.9 Å². The molecule has 206 valence electrons. The van der Waals surface area contributed by atoms with Gasteiger partial charge in [-0.1, -0.05) is 49.4 Å². The van der Waals surface area contributed by atoms with Gasteiger partial charge in [0, 0.05) is 12.6 Å². The molecule has 0 amide bonds. The lowest BCUT2D eigenvalue weighted by Gasteiger charge is -2.34. The van der Waals surface area contributed by atoms with Crippen molar-refractivity contribution in [1.29, 1.82) is 0 Å². The van der Waals surface area contributed by atoms with Crippen molar-refractivity contribution in [3.63, 3.8) is 0 Å². The first-order chi connectivity index (χ1) is 17.9. The summed E-state index contributed by atoms with van der Waals surface area (Å²) < 4.78 is 24.8. The molecule has 1 aliphatic rings. The highest BCUT2D eigenvalue weighted by Crippen LogP contribution is 2.47. The second kappa shape index (κ2) is 11.0. The third-order valence-corrected chi connectivity index (χ3v) is 7.38. The number of nitrogens with one attached hydrogen (secondary N) is 1. The van der Waals surface area contributed by atoms with Gasteiger partial charge >= 0.3 is 13.5 Å². The normalized spacial score (nSPS) is 22.2. The number of benzene rings is 1. The first-order valence-corrected chi connectivity index (χ1v) is 13.6. The second-order valence-corrected chi connectivity index (χ2v) is 10.4. The average molecular weight is 551 g/mol. The first kappa shape index (κ1) is 28.0. The van der Waals surface area contributed by atoms with Crippen molar-refractivity contribution in [2.75, 3.05) is 0 Å². The van der Waals surface area contributed by atoms with Gasteiger partial charge in [-0.15, -0.1) is 5.10 Å². The molecule has 0 aliphatic carbocycles. The molecule has 5 N–H and O–H groups in total. The summed E-state index contributed by atoms with van der Waals surface area (Å²) in [6.07, 6.45) is -2.73. The molecule has 1 aromatic carbocycles. The van der Waals surface area contributed by atoms with Gasteiger partial charge in [0.2, 0.25) is 0 Å². The Labute approximate surface area is 216 Å². The number of aromatic amines is 1. The summed E-state index contributed by atoms with van der Waals surface area (Å²) >= 11 is 0. The lowest BCUT2D eigenvalue weighted by Crippen LogP contribution is -2.40. The highest BCUT2D eigenvalue weighted by atomic mass is 31.2. The molecule has 2 unspecified atom stereocenters. The quantitative estimate of drug-likeness (QED) is 0.220. The summed E-state index contributed by atoms with van der Waals surface area (Å²) in [5.74, 6) is 0. The predicted molar refractivity (Wildman–Crippen MR) is 133 cm³/mol. The van der Waals surface area contributed by atoms with Crippen LogP contribution in [0.15, 0.2) is 52.3 Å². The molecule has 0 bridgehead atoms. The Balaban J connectivity index is 1.60. The SMILES string of the molecule is CCC(CC)(C[C@H]1O[C@@H](n2cc(-c3cn(Cc4ccccc4)nn3)c(=O)[nH]c2=O)C(O)C1O)OP(=O)(O)O. The van der Waals surface area contributed by atoms with Crippen molar-refractivity contribution >= 4 is 7.82 Å². The van der Waals surface area contributed by atoms with Crippen LogP contribution < -0.4 is 11.2 Å². The molecule has 3 heterocycles. The van der Waals surface area contributed by atoms with Gasteiger partial charge in [0.1, 0.15) is 17.9 Å².